The van der Waals surface area contributed by atoms with Crippen LogP contribution >= 0.6 is 0 Å². The largest absolute Gasteiger partial charge is 0.405 e. The molecule has 0 heterocycles. The molecule has 0 saturated heterocycles. The molecule has 0 spiro atoms. The maximum absolute atomic E-state index is 12.9. The molecule has 0 amide bonds. The average molecular weight is 260 g/mol. The zero-order chi connectivity index (χ0) is 13.9. The van der Waals surface area contributed by atoms with E-state index in [9.17, 15) is 13.2 Å². The summed E-state index contributed by atoms with van der Waals surface area (Å²) in [6, 6.07) is 4.82. The summed E-state index contributed by atoms with van der Waals surface area (Å²) >= 11 is 0. The zero-order valence-corrected chi connectivity index (χ0v) is 10.8. The summed E-state index contributed by atoms with van der Waals surface area (Å²) in [5, 5.41) is 0. The summed E-state index contributed by atoms with van der Waals surface area (Å²) in [7, 11) is 1.45. The van der Waals surface area contributed by atoms with E-state index in [1.807, 2.05) is 31.2 Å². The van der Waals surface area contributed by atoms with Crippen LogP contribution in [0.25, 0.3) is 0 Å². The molecule has 0 aromatic heterocycles. The first-order valence-corrected chi connectivity index (χ1v) is 5.80. The number of hydrogen-bond acceptors (Lipinski definition) is 2. The summed E-state index contributed by atoms with van der Waals surface area (Å²) in [5.74, 6) is 0. The van der Waals surface area contributed by atoms with Crippen LogP contribution in [-0.2, 0) is 6.54 Å². The smallest absolute Gasteiger partial charge is 0.326 e. The van der Waals surface area contributed by atoms with Crippen molar-refractivity contribution in [1.82, 2.24) is 4.90 Å². The molecule has 0 radical (unpaired) electrons. The van der Waals surface area contributed by atoms with E-state index in [0.717, 1.165) is 11.1 Å². The summed E-state index contributed by atoms with van der Waals surface area (Å²) in [6.07, 6.45) is -4.31. The lowest BCUT2D eigenvalue weighted by atomic mass is 10.1. The molecule has 2 unspecified atom stereocenters. The van der Waals surface area contributed by atoms with Gasteiger partial charge in [0, 0.05) is 12.6 Å². The summed E-state index contributed by atoms with van der Waals surface area (Å²) in [5.41, 5.74) is 7.32. The fraction of sp³-hybridized carbons (Fsp3) is 0.538. The van der Waals surface area contributed by atoms with Gasteiger partial charge >= 0.3 is 6.18 Å². The number of rotatable bonds is 4. The molecule has 0 aliphatic carbocycles. The van der Waals surface area contributed by atoms with E-state index in [2.05, 4.69) is 0 Å². The number of alkyl halides is 3. The predicted molar refractivity (Wildman–Crippen MR) is 66.1 cm³/mol. The SMILES string of the molecule is Cc1ccccc1CN(C)C(C(C)N)C(F)(F)F. The van der Waals surface area contributed by atoms with E-state index >= 15 is 0 Å². The molecule has 1 aromatic carbocycles. The molecule has 1 aromatic rings. The number of nitrogens with two attached hydrogens (primary N) is 1. The van der Waals surface area contributed by atoms with Gasteiger partial charge in [-0.05, 0) is 32.0 Å². The van der Waals surface area contributed by atoms with Crippen LogP contribution < -0.4 is 5.73 Å². The predicted octanol–water partition coefficient (Wildman–Crippen LogP) is 2.70. The van der Waals surface area contributed by atoms with Crippen LogP contribution in [0.2, 0.25) is 0 Å². The van der Waals surface area contributed by atoms with Crippen molar-refractivity contribution in [3.05, 3.63) is 35.4 Å². The Hall–Kier alpha value is -1.07. The van der Waals surface area contributed by atoms with Gasteiger partial charge in [-0.25, -0.2) is 0 Å². The third kappa shape index (κ3) is 3.71. The Labute approximate surface area is 106 Å². The van der Waals surface area contributed by atoms with Crippen LogP contribution in [0.1, 0.15) is 18.1 Å². The molecule has 0 fully saturated rings. The highest BCUT2D eigenvalue weighted by molar-refractivity contribution is 5.25. The van der Waals surface area contributed by atoms with Crippen molar-refractivity contribution in [1.29, 1.82) is 0 Å². The molecule has 2 atom stereocenters. The highest BCUT2D eigenvalue weighted by atomic mass is 19.4. The summed E-state index contributed by atoms with van der Waals surface area (Å²) in [6.45, 7) is 3.50. The summed E-state index contributed by atoms with van der Waals surface area (Å²) < 4.78 is 38.7. The van der Waals surface area contributed by atoms with Crippen LogP contribution in [0.4, 0.5) is 13.2 Å². The minimum absolute atomic E-state index is 0.235. The van der Waals surface area contributed by atoms with Crippen molar-refractivity contribution >= 4 is 0 Å². The molecular weight excluding hydrogens is 241 g/mol. The minimum atomic E-state index is -4.31. The first kappa shape index (κ1) is 15.0. The molecule has 0 bridgehead atoms. The van der Waals surface area contributed by atoms with Gasteiger partial charge in [-0.2, -0.15) is 13.2 Å². The second-order valence-corrected chi connectivity index (χ2v) is 4.69. The van der Waals surface area contributed by atoms with E-state index in [0.29, 0.717) is 0 Å². The Morgan fingerprint density at radius 2 is 1.83 bits per heavy atom. The third-order valence-electron chi connectivity index (χ3n) is 2.99. The van der Waals surface area contributed by atoms with Gasteiger partial charge in [0.1, 0.15) is 6.04 Å². The lowest BCUT2D eigenvalue weighted by Crippen LogP contribution is -2.53. The molecule has 1 rings (SSSR count). The van der Waals surface area contributed by atoms with Gasteiger partial charge < -0.3 is 5.73 Å². The van der Waals surface area contributed by atoms with Gasteiger partial charge in [0.05, 0.1) is 0 Å². The van der Waals surface area contributed by atoms with E-state index in [-0.39, 0.29) is 6.54 Å². The lowest BCUT2D eigenvalue weighted by Gasteiger charge is -2.32. The Bertz CT molecular complexity index is 388. The second-order valence-electron chi connectivity index (χ2n) is 4.69. The fourth-order valence-corrected chi connectivity index (χ4v) is 2.10. The highest BCUT2D eigenvalue weighted by Gasteiger charge is 2.44. The molecular formula is C13H19F3N2. The van der Waals surface area contributed by atoms with Gasteiger partial charge in [-0.1, -0.05) is 24.3 Å². The number of aryl methyl sites for hydroxylation is 1. The van der Waals surface area contributed by atoms with Crippen LogP contribution in [0.5, 0.6) is 0 Å². The number of hydrogen-bond donors (Lipinski definition) is 1. The zero-order valence-electron chi connectivity index (χ0n) is 10.8. The second kappa shape index (κ2) is 5.71. The molecule has 0 saturated carbocycles. The first-order chi connectivity index (χ1) is 8.23. The van der Waals surface area contributed by atoms with Gasteiger partial charge in [0.15, 0.2) is 0 Å². The summed E-state index contributed by atoms with van der Waals surface area (Å²) in [4.78, 5) is 1.26. The molecule has 2 N–H and O–H groups in total. The van der Waals surface area contributed by atoms with E-state index in [1.165, 1.54) is 18.9 Å². The van der Waals surface area contributed by atoms with Gasteiger partial charge in [0.25, 0.3) is 0 Å². The molecule has 102 valence electrons. The van der Waals surface area contributed by atoms with Crippen molar-refractivity contribution in [2.24, 2.45) is 5.73 Å². The minimum Gasteiger partial charge on any atom is -0.326 e. The van der Waals surface area contributed by atoms with Crippen LogP contribution in [0, 0.1) is 6.92 Å². The van der Waals surface area contributed by atoms with Crippen LogP contribution in [-0.4, -0.2) is 30.2 Å². The van der Waals surface area contributed by atoms with Crippen molar-refractivity contribution in [2.75, 3.05) is 7.05 Å². The van der Waals surface area contributed by atoms with E-state index < -0.39 is 18.3 Å². The average Bonchev–Trinajstić information content (AvgIpc) is 2.18. The van der Waals surface area contributed by atoms with E-state index in [4.69, 9.17) is 5.73 Å². The van der Waals surface area contributed by atoms with E-state index in [1.54, 1.807) is 0 Å². The first-order valence-electron chi connectivity index (χ1n) is 5.80. The van der Waals surface area contributed by atoms with Crippen LogP contribution in [0.3, 0.4) is 0 Å². The van der Waals surface area contributed by atoms with Crippen LogP contribution in [0.15, 0.2) is 24.3 Å². The van der Waals surface area contributed by atoms with Crippen molar-refractivity contribution in [2.45, 2.75) is 38.7 Å². The molecule has 2 nitrogen and oxygen atoms in total. The maximum atomic E-state index is 12.9. The number of halogens is 3. The van der Waals surface area contributed by atoms with Gasteiger partial charge in [0.2, 0.25) is 0 Å². The quantitative estimate of drug-likeness (QED) is 0.902. The topological polar surface area (TPSA) is 29.3 Å². The van der Waals surface area contributed by atoms with Gasteiger partial charge in [-0.15, -0.1) is 0 Å². The Morgan fingerprint density at radius 1 is 1.28 bits per heavy atom. The van der Waals surface area contributed by atoms with Gasteiger partial charge in [-0.3, -0.25) is 4.90 Å². The van der Waals surface area contributed by atoms with Crippen molar-refractivity contribution in [3.63, 3.8) is 0 Å². The lowest BCUT2D eigenvalue weighted by molar-refractivity contribution is -0.186. The number of nitrogens with zero attached hydrogens (tertiary/aromatic N) is 1. The Kier molecular flexibility index (Phi) is 4.76. The Balaban J connectivity index is 2.86. The standard InChI is InChI=1S/C13H19F3N2/c1-9-6-4-5-7-11(9)8-18(3)12(10(2)17)13(14,15)16/h4-7,10,12H,8,17H2,1-3H3. The monoisotopic (exact) mass is 260 g/mol. The normalized spacial score (nSPS) is 15.8. The third-order valence-corrected chi connectivity index (χ3v) is 2.99. The van der Waals surface area contributed by atoms with Crippen molar-refractivity contribution < 1.29 is 13.2 Å². The molecule has 0 aliphatic heterocycles. The fourth-order valence-electron chi connectivity index (χ4n) is 2.10. The highest BCUT2D eigenvalue weighted by Crippen LogP contribution is 2.27. The number of benzene rings is 1. The number of likely N-dealkylation sites (N-methyl/N-ethyl adjacent to an activating group) is 1. The Morgan fingerprint density at radius 3 is 2.28 bits per heavy atom. The van der Waals surface area contributed by atoms with Crippen molar-refractivity contribution in [3.8, 4) is 0 Å². The maximum Gasteiger partial charge on any atom is 0.405 e. The molecule has 5 heteroatoms. The molecule has 18 heavy (non-hydrogen) atoms. The molecule has 0 aliphatic rings.